The number of hydrogen-bond acceptors (Lipinski definition) is 5. The van der Waals surface area contributed by atoms with Gasteiger partial charge in [-0.2, -0.15) is 0 Å². The molecule has 0 spiro atoms. The molecule has 1 saturated heterocycles. The van der Waals surface area contributed by atoms with Gasteiger partial charge in [-0.25, -0.2) is 0 Å². The van der Waals surface area contributed by atoms with Gasteiger partial charge in [0.25, 0.3) is 5.91 Å². The topological polar surface area (TPSA) is 97.7 Å². The zero-order valence-corrected chi connectivity index (χ0v) is 18.9. The molecule has 35 heavy (non-hydrogen) atoms. The summed E-state index contributed by atoms with van der Waals surface area (Å²) in [5.41, 5.74) is 2.47. The number of pyridine rings is 1. The first kappa shape index (κ1) is 22.3. The third-order valence-electron chi connectivity index (χ3n) is 6.07. The average molecular weight is 469 g/mol. The van der Waals surface area contributed by atoms with Gasteiger partial charge in [-0.05, 0) is 55.0 Å². The van der Waals surface area contributed by atoms with E-state index >= 15 is 0 Å². The highest BCUT2D eigenvalue weighted by Crippen LogP contribution is 2.23. The van der Waals surface area contributed by atoms with Gasteiger partial charge < -0.3 is 19.5 Å². The van der Waals surface area contributed by atoms with Gasteiger partial charge in [-0.15, -0.1) is 0 Å². The lowest BCUT2D eigenvalue weighted by atomic mass is 10.1. The van der Waals surface area contributed by atoms with Crippen LogP contribution in [0.1, 0.15) is 12.8 Å². The first-order chi connectivity index (χ1) is 17.0. The van der Waals surface area contributed by atoms with Crippen LogP contribution in [-0.2, 0) is 25.7 Å². The van der Waals surface area contributed by atoms with Crippen molar-refractivity contribution in [2.45, 2.75) is 19.4 Å². The summed E-state index contributed by atoms with van der Waals surface area (Å²) >= 11 is 0. The largest absolute Gasteiger partial charge is 0.454 e. The lowest BCUT2D eigenvalue weighted by Crippen LogP contribution is -2.24. The molecule has 0 aliphatic carbocycles. The smallest absolute Gasteiger partial charge is 0.326 e. The SMILES string of the molecule is O=C(COC(=O)Cn1c2ccccc2c(=O)c2ccccc21)Nc1ccc(N2CCCC2=O)cc1. The normalized spacial score (nSPS) is 13.4. The maximum absolute atomic E-state index is 12.8. The third kappa shape index (κ3) is 4.50. The van der Waals surface area contributed by atoms with E-state index in [0.29, 0.717) is 40.5 Å². The van der Waals surface area contributed by atoms with Crippen LogP contribution < -0.4 is 15.6 Å². The standard InChI is InChI=1S/C27H23N3O5/c31-24(28-18-11-13-19(14-12-18)29-15-5-10-25(29)32)17-35-26(33)16-30-22-8-3-1-6-20(22)27(34)21-7-2-4-9-23(21)30/h1-4,6-9,11-14H,5,10,15-17H2,(H,28,31). The minimum Gasteiger partial charge on any atom is -0.454 e. The van der Waals surface area contributed by atoms with E-state index < -0.39 is 18.5 Å². The molecule has 0 saturated carbocycles. The molecule has 1 N–H and O–H groups in total. The van der Waals surface area contributed by atoms with Crippen molar-refractivity contribution in [2.75, 3.05) is 23.4 Å². The highest BCUT2D eigenvalue weighted by atomic mass is 16.5. The zero-order valence-electron chi connectivity index (χ0n) is 18.9. The molecule has 2 amide bonds. The summed E-state index contributed by atoms with van der Waals surface area (Å²) in [5.74, 6) is -0.975. The Kier molecular flexibility index (Phi) is 6.01. The molecule has 1 aliphatic heterocycles. The van der Waals surface area contributed by atoms with Crippen molar-refractivity contribution >= 4 is 51.0 Å². The number of para-hydroxylation sites is 2. The number of ether oxygens (including phenoxy) is 1. The number of anilines is 2. The van der Waals surface area contributed by atoms with E-state index in [1.807, 2.05) is 0 Å². The Labute approximate surface area is 200 Å². The lowest BCUT2D eigenvalue weighted by Gasteiger charge is -2.16. The predicted octanol–water partition coefficient (Wildman–Crippen LogP) is 3.46. The second-order valence-corrected chi connectivity index (χ2v) is 8.35. The molecule has 0 bridgehead atoms. The minimum absolute atomic E-state index is 0.0945. The van der Waals surface area contributed by atoms with Crippen LogP contribution in [0.2, 0.25) is 0 Å². The van der Waals surface area contributed by atoms with Crippen molar-refractivity contribution in [1.29, 1.82) is 0 Å². The Bertz CT molecular complexity index is 1450. The van der Waals surface area contributed by atoms with Gasteiger partial charge >= 0.3 is 5.97 Å². The number of aromatic nitrogens is 1. The number of nitrogens with zero attached hydrogens (tertiary/aromatic N) is 2. The Balaban J connectivity index is 1.25. The van der Waals surface area contributed by atoms with Crippen LogP contribution in [0, 0.1) is 0 Å². The van der Waals surface area contributed by atoms with Crippen molar-refractivity contribution < 1.29 is 19.1 Å². The Hall–Kier alpha value is -4.46. The number of fused-ring (bicyclic) bond motifs is 2. The van der Waals surface area contributed by atoms with Crippen LogP contribution >= 0.6 is 0 Å². The molecule has 1 fully saturated rings. The van der Waals surface area contributed by atoms with E-state index in [4.69, 9.17) is 4.74 Å². The van der Waals surface area contributed by atoms with E-state index in [1.54, 1.807) is 82.3 Å². The van der Waals surface area contributed by atoms with Gasteiger partial charge in [-0.3, -0.25) is 19.2 Å². The van der Waals surface area contributed by atoms with Crippen LogP contribution in [0.25, 0.3) is 21.8 Å². The number of amides is 2. The Morgan fingerprint density at radius 1 is 0.857 bits per heavy atom. The van der Waals surface area contributed by atoms with Crippen LogP contribution in [-0.4, -0.2) is 35.5 Å². The molecule has 1 aromatic heterocycles. The van der Waals surface area contributed by atoms with E-state index in [-0.39, 0.29) is 17.9 Å². The van der Waals surface area contributed by atoms with Crippen LogP contribution in [0.4, 0.5) is 11.4 Å². The molecule has 2 heterocycles. The van der Waals surface area contributed by atoms with Gasteiger partial charge in [-0.1, -0.05) is 24.3 Å². The fourth-order valence-electron chi connectivity index (χ4n) is 4.41. The van der Waals surface area contributed by atoms with Crippen LogP contribution in [0.3, 0.4) is 0 Å². The van der Waals surface area contributed by atoms with Gasteiger partial charge in [0.2, 0.25) is 5.91 Å². The average Bonchev–Trinajstić information content (AvgIpc) is 3.31. The summed E-state index contributed by atoms with van der Waals surface area (Å²) in [4.78, 5) is 51.4. The van der Waals surface area contributed by atoms with Crippen molar-refractivity contribution in [1.82, 2.24) is 4.57 Å². The quantitative estimate of drug-likeness (QED) is 0.345. The fourth-order valence-corrected chi connectivity index (χ4v) is 4.41. The van der Waals surface area contributed by atoms with Gasteiger partial charge in [0.15, 0.2) is 12.0 Å². The van der Waals surface area contributed by atoms with Crippen LogP contribution in [0.15, 0.2) is 77.6 Å². The first-order valence-corrected chi connectivity index (χ1v) is 11.4. The Morgan fingerprint density at radius 2 is 1.49 bits per heavy atom. The molecule has 3 aromatic carbocycles. The van der Waals surface area contributed by atoms with E-state index in [2.05, 4.69) is 5.32 Å². The van der Waals surface area contributed by atoms with E-state index in [9.17, 15) is 19.2 Å². The summed E-state index contributed by atoms with van der Waals surface area (Å²) in [6, 6.07) is 21.1. The molecule has 0 unspecified atom stereocenters. The second kappa shape index (κ2) is 9.42. The van der Waals surface area contributed by atoms with Crippen molar-refractivity contribution in [3.8, 4) is 0 Å². The first-order valence-electron chi connectivity index (χ1n) is 11.4. The Morgan fingerprint density at radius 3 is 2.09 bits per heavy atom. The maximum atomic E-state index is 12.8. The second-order valence-electron chi connectivity index (χ2n) is 8.35. The molecule has 0 radical (unpaired) electrons. The van der Waals surface area contributed by atoms with Gasteiger partial charge in [0.05, 0.1) is 11.0 Å². The number of carbonyl (C=O) groups excluding carboxylic acids is 3. The summed E-state index contributed by atoms with van der Waals surface area (Å²) in [6.45, 7) is 0.106. The molecule has 0 atom stereocenters. The highest BCUT2D eigenvalue weighted by Gasteiger charge is 2.21. The van der Waals surface area contributed by atoms with Crippen LogP contribution in [0.5, 0.6) is 0 Å². The van der Waals surface area contributed by atoms with Crippen molar-refractivity contribution in [3.05, 3.63) is 83.0 Å². The number of benzene rings is 3. The van der Waals surface area contributed by atoms with Crippen molar-refractivity contribution in [3.63, 3.8) is 0 Å². The summed E-state index contributed by atoms with van der Waals surface area (Å²) in [5, 5.41) is 3.71. The molecular formula is C27H23N3O5. The number of rotatable bonds is 6. The van der Waals surface area contributed by atoms with Crippen molar-refractivity contribution in [2.24, 2.45) is 0 Å². The number of carbonyl (C=O) groups is 3. The molecule has 176 valence electrons. The van der Waals surface area contributed by atoms with E-state index in [1.165, 1.54) is 0 Å². The highest BCUT2D eigenvalue weighted by molar-refractivity contribution is 5.97. The van der Waals surface area contributed by atoms with Gasteiger partial charge in [0.1, 0.15) is 6.54 Å². The molecule has 1 aliphatic rings. The molecule has 5 rings (SSSR count). The van der Waals surface area contributed by atoms with E-state index in [0.717, 1.165) is 12.1 Å². The predicted molar refractivity (Wildman–Crippen MR) is 133 cm³/mol. The molecule has 4 aromatic rings. The summed E-state index contributed by atoms with van der Waals surface area (Å²) < 4.78 is 6.95. The molecule has 8 heteroatoms. The number of esters is 1. The summed E-state index contributed by atoms with van der Waals surface area (Å²) in [7, 11) is 0. The minimum atomic E-state index is -0.595. The molecular weight excluding hydrogens is 446 g/mol. The number of hydrogen-bond donors (Lipinski definition) is 1. The number of nitrogens with one attached hydrogen (secondary N) is 1. The van der Waals surface area contributed by atoms with Gasteiger partial charge in [0, 0.05) is 35.1 Å². The summed E-state index contributed by atoms with van der Waals surface area (Å²) in [6.07, 6.45) is 1.39. The third-order valence-corrected chi connectivity index (χ3v) is 6.07. The lowest BCUT2D eigenvalue weighted by molar-refractivity contribution is -0.147. The fraction of sp³-hybridized carbons (Fsp3) is 0.185. The maximum Gasteiger partial charge on any atom is 0.326 e. The zero-order chi connectivity index (χ0) is 24.4. The molecule has 8 nitrogen and oxygen atoms in total. The monoisotopic (exact) mass is 469 g/mol.